The quantitative estimate of drug-likeness (QED) is 0.668. The second-order valence-corrected chi connectivity index (χ2v) is 3.23. The fraction of sp³-hybridized carbons (Fsp3) is 0.214. The minimum absolute atomic E-state index is 1.06. The van der Waals surface area contributed by atoms with E-state index in [4.69, 9.17) is 0 Å². The molecule has 1 aromatic heterocycles. The van der Waals surface area contributed by atoms with Crippen molar-refractivity contribution in [3.63, 3.8) is 0 Å². The minimum atomic E-state index is 1.06. The molecule has 0 amide bonds. The van der Waals surface area contributed by atoms with Crippen LogP contribution in [-0.4, -0.2) is 4.98 Å². The zero-order valence-corrected chi connectivity index (χ0v) is 9.35. The first-order chi connectivity index (χ1) is 7.36. The second-order valence-electron chi connectivity index (χ2n) is 3.23. The fourth-order valence-corrected chi connectivity index (χ4v) is 1.29. The van der Waals surface area contributed by atoms with Crippen molar-refractivity contribution in [2.45, 2.75) is 20.3 Å². The van der Waals surface area contributed by atoms with Crippen LogP contribution in [0.4, 0.5) is 0 Å². The van der Waals surface area contributed by atoms with Crippen LogP contribution in [0.25, 0.3) is 6.08 Å². The molecule has 0 bridgehead atoms. The summed E-state index contributed by atoms with van der Waals surface area (Å²) in [4.78, 5) is 3.98. The third-order valence-electron chi connectivity index (χ3n) is 1.97. The third-order valence-corrected chi connectivity index (χ3v) is 1.97. The van der Waals surface area contributed by atoms with Crippen molar-refractivity contribution < 1.29 is 0 Å². The third kappa shape index (κ3) is 4.41. The van der Waals surface area contributed by atoms with E-state index < -0.39 is 0 Å². The lowest BCUT2D eigenvalue weighted by atomic mass is 10.1. The molecule has 0 fully saturated rings. The van der Waals surface area contributed by atoms with Crippen LogP contribution in [0.2, 0.25) is 0 Å². The average Bonchev–Trinajstić information content (AvgIpc) is 2.28. The van der Waals surface area contributed by atoms with E-state index in [1.54, 1.807) is 12.4 Å². The predicted molar refractivity (Wildman–Crippen MR) is 66.5 cm³/mol. The van der Waals surface area contributed by atoms with Crippen LogP contribution >= 0.6 is 0 Å². The first kappa shape index (κ1) is 11.4. The summed E-state index contributed by atoms with van der Waals surface area (Å²) in [5.74, 6) is 0. The molecule has 1 nitrogen and oxygen atoms in total. The van der Waals surface area contributed by atoms with E-state index in [9.17, 15) is 0 Å². The van der Waals surface area contributed by atoms with Gasteiger partial charge in [0.05, 0.1) is 0 Å². The van der Waals surface area contributed by atoms with Crippen molar-refractivity contribution in [2.24, 2.45) is 0 Å². The van der Waals surface area contributed by atoms with Crippen molar-refractivity contribution in [1.29, 1.82) is 0 Å². The Hall–Kier alpha value is -1.63. The van der Waals surface area contributed by atoms with Gasteiger partial charge in [-0.3, -0.25) is 4.98 Å². The lowest BCUT2D eigenvalue weighted by molar-refractivity contribution is 1.21. The Morgan fingerprint density at radius 1 is 1.27 bits per heavy atom. The van der Waals surface area contributed by atoms with Gasteiger partial charge in [-0.15, -0.1) is 0 Å². The van der Waals surface area contributed by atoms with E-state index in [0.717, 1.165) is 6.42 Å². The van der Waals surface area contributed by atoms with Gasteiger partial charge in [0.15, 0.2) is 0 Å². The van der Waals surface area contributed by atoms with Crippen molar-refractivity contribution in [3.05, 3.63) is 60.0 Å². The van der Waals surface area contributed by atoms with Gasteiger partial charge in [0.2, 0.25) is 0 Å². The van der Waals surface area contributed by atoms with Gasteiger partial charge in [-0.05, 0) is 36.6 Å². The van der Waals surface area contributed by atoms with Crippen LogP contribution in [0, 0.1) is 0 Å². The van der Waals surface area contributed by atoms with E-state index in [1.165, 1.54) is 11.1 Å². The first-order valence-corrected chi connectivity index (χ1v) is 5.27. The van der Waals surface area contributed by atoms with E-state index in [-0.39, 0.29) is 0 Å². The summed E-state index contributed by atoms with van der Waals surface area (Å²) in [5, 5.41) is 0. The SMILES string of the molecule is C\C=C/C(/C=C/c1ccncc1)=C\CC. The molecule has 0 aromatic carbocycles. The molecule has 1 aromatic rings. The maximum Gasteiger partial charge on any atom is 0.0273 e. The zero-order chi connectivity index (χ0) is 10.9. The average molecular weight is 199 g/mol. The summed E-state index contributed by atoms with van der Waals surface area (Å²) >= 11 is 0. The van der Waals surface area contributed by atoms with Gasteiger partial charge in [-0.25, -0.2) is 0 Å². The molecule has 0 unspecified atom stereocenters. The maximum atomic E-state index is 3.98. The molecule has 15 heavy (non-hydrogen) atoms. The molecule has 0 saturated heterocycles. The molecular formula is C14H17N. The van der Waals surface area contributed by atoms with E-state index in [0.29, 0.717) is 0 Å². The van der Waals surface area contributed by atoms with Crippen LogP contribution in [0.5, 0.6) is 0 Å². The Bertz CT molecular complexity index is 358. The highest BCUT2D eigenvalue weighted by Gasteiger charge is 1.86. The Morgan fingerprint density at radius 2 is 2.00 bits per heavy atom. The van der Waals surface area contributed by atoms with Crippen LogP contribution in [0.15, 0.2) is 54.4 Å². The molecule has 0 N–H and O–H groups in total. The summed E-state index contributed by atoms with van der Waals surface area (Å²) in [7, 11) is 0. The van der Waals surface area contributed by atoms with Crippen LogP contribution in [-0.2, 0) is 0 Å². The Kier molecular flexibility index (Phi) is 5.16. The molecule has 0 saturated carbocycles. The second kappa shape index (κ2) is 6.77. The number of nitrogens with zero attached hydrogens (tertiary/aromatic N) is 1. The van der Waals surface area contributed by atoms with Gasteiger partial charge in [0.25, 0.3) is 0 Å². The van der Waals surface area contributed by atoms with Gasteiger partial charge in [-0.2, -0.15) is 0 Å². The van der Waals surface area contributed by atoms with Gasteiger partial charge < -0.3 is 0 Å². The number of hydrogen-bond donors (Lipinski definition) is 0. The standard InChI is InChI=1S/C14H17N/c1-3-5-13(6-4-2)7-8-14-9-11-15-12-10-14/h3,5-12H,4H2,1-2H3/b5-3-,8-7+,13-6+. The zero-order valence-electron chi connectivity index (χ0n) is 9.35. The largest absolute Gasteiger partial charge is 0.265 e. The van der Waals surface area contributed by atoms with Gasteiger partial charge in [0.1, 0.15) is 0 Å². The Morgan fingerprint density at radius 3 is 2.60 bits per heavy atom. The van der Waals surface area contributed by atoms with Gasteiger partial charge in [0, 0.05) is 12.4 Å². The lowest BCUT2D eigenvalue weighted by Crippen LogP contribution is -1.74. The lowest BCUT2D eigenvalue weighted by Gasteiger charge is -1.94. The number of aromatic nitrogens is 1. The Balaban J connectivity index is 2.75. The number of allylic oxidation sites excluding steroid dienone is 5. The van der Waals surface area contributed by atoms with E-state index >= 15 is 0 Å². The van der Waals surface area contributed by atoms with Crippen molar-refractivity contribution >= 4 is 6.08 Å². The van der Waals surface area contributed by atoms with Crippen LogP contribution in [0.3, 0.4) is 0 Å². The molecule has 0 aliphatic carbocycles. The molecule has 1 heteroatoms. The summed E-state index contributed by atoms with van der Waals surface area (Å²) in [6, 6.07) is 3.99. The topological polar surface area (TPSA) is 12.9 Å². The molecule has 0 aliphatic heterocycles. The number of hydrogen-bond acceptors (Lipinski definition) is 1. The molecule has 1 heterocycles. The normalized spacial score (nSPS) is 12.8. The predicted octanol–water partition coefficient (Wildman–Crippen LogP) is 4.01. The highest BCUT2D eigenvalue weighted by molar-refractivity contribution is 5.53. The number of pyridine rings is 1. The van der Waals surface area contributed by atoms with E-state index in [2.05, 4.69) is 42.3 Å². The van der Waals surface area contributed by atoms with Crippen molar-refractivity contribution in [2.75, 3.05) is 0 Å². The molecular weight excluding hydrogens is 182 g/mol. The number of rotatable bonds is 4. The van der Waals surface area contributed by atoms with E-state index in [1.807, 2.05) is 19.1 Å². The fourth-order valence-electron chi connectivity index (χ4n) is 1.29. The van der Waals surface area contributed by atoms with Crippen molar-refractivity contribution in [3.8, 4) is 0 Å². The van der Waals surface area contributed by atoms with Crippen LogP contribution < -0.4 is 0 Å². The monoisotopic (exact) mass is 199 g/mol. The first-order valence-electron chi connectivity index (χ1n) is 5.27. The maximum absolute atomic E-state index is 3.98. The highest BCUT2D eigenvalue weighted by atomic mass is 14.6. The summed E-state index contributed by atoms with van der Waals surface area (Å²) in [5.41, 5.74) is 2.42. The molecule has 0 spiro atoms. The molecule has 0 aliphatic rings. The Labute approximate surface area is 91.9 Å². The minimum Gasteiger partial charge on any atom is -0.265 e. The van der Waals surface area contributed by atoms with Crippen LogP contribution in [0.1, 0.15) is 25.8 Å². The summed E-state index contributed by atoms with van der Waals surface area (Å²) in [6.45, 7) is 4.17. The highest BCUT2D eigenvalue weighted by Crippen LogP contribution is 2.06. The van der Waals surface area contributed by atoms with Gasteiger partial charge >= 0.3 is 0 Å². The summed E-state index contributed by atoms with van der Waals surface area (Å²) in [6.07, 6.45) is 15.3. The molecule has 1 rings (SSSR count). The smallest absolute Gasteiger partial charge is 0.0273 e. The van der Waals surface area contributed by atoms with Gasteiger partial charge in [-0.1, -0.05) is 37.3 Å². The molecule has 0 atom stereocenters. The summed E-state index contributed by atoms with van der Waals surface area (Å²) < 4.78 is 0. The van der Waals surface area contributed by atoms with Crippen molar-refractivity contribution in [1.82, 2.24) is 4.98 Å². The molecule has 0 radical (unpaired) electrons. The molecule has 78 valence electrons.